The van der Waals surface area contributed by atoms with Crippen molar-refractivity contribution in [1.29, 1.82) is 0 Å². The molecule has 0 saturated carbocycles. The van der Waals surface area contributed by atoms with Crippen molar-refractivity contribution in [2.45, 2.75) is 53.9 Å². The summed E-state index contributed by atoms with van der Waals surface area (Å²) in [4.78, 5) is 14.2. The van der Waals surface area contributed by atoms with Crippen LogP contribution in [0.25, 0.3) is 0 Å². The predicted octanol–water partition coefficient (Wildman–Crippen LogP) is 3.15. The van der Waals surface area contributed by atoms with E-state index in [0.29, 0.717) is 31.8 Å². The third-order valence-corrected chi connectivity index (χ3v) is 3.67. The highest BCUT2D eigenvalue weighted by Gasteiger charge is 2.27. The summed E-state index contributed by atoms with van der Waals surface area (Å²) in [5.41, 5.74) is 1.08. The van der Waals surface area contributed by atoms with Crippen LogP contribution in [0.3, 0.4) is 0 Å². The minimum absolute atomic E-state index is 0.167. The van der Waals surface area contributed by atoms with Crippen LogP contribution in [0.5, 0.6) is 0 Å². The molecular weight excluding hydrogens is 240 g/mol. The summed E-state index contributed by atoms with van der Waals surface area (Å²) >= 11 is 0. The summed E-state index contributed by atoms with van der Waals surface area (Å²) in [5, 5.41) is 12.2. The maximum absolute atomic E-state index is 12.3. The minimum Gasteiger partial charge on any atom is -0.411 e. The van der Waals surface area contributed by atoms with Crippen molar-refractivity contribution in [3.05, 3.63) is 0 Å². The van der Waals surface area contributed by atoms with Crippen molar-refractivity contribution >= 4 is 11.6 Å². The van der Waals surface area contributed by atoms with Gasteiger partial charge in [-0.05, 0) is 17.8 Å². The molecule has 1 aliphatic rings. The van der Waals surface area contributed by atoms with Crippen LogP contribution in [-0.2, 0) is 4.79 Å². The van der Waals surface area contributed by atoms with Gasteiger partial charge in [0.15, 0.2) is 0 Å². The number of hydrogen-bond donors (Lipinski definition) is 1. The quantitative estimate of drug-likeness (QED) is 0.631. The van der Waals surface area contributed by atoms with Crippen molar-refractivity contribution in [1.82, 2.24) is 4.90 Å². The van der Waals surface area contributed by atoms with Gasteiger partial charge in [0, 0.05) is 31.8 Å². The molecule has 110 valence electrons. The number of hydrogen-bond acceptors (Lipinski definition) is 3. The number of amides is 1. The van der Waals surface area contributed by atoms with Gasteiger partial charge in [0.2, 0.25) is 5.91 Å². The molecule has 1 amide bonds. The zero-order valence-corrected chi connectivity index (χ0v) is 12.9. The molecule has 0 aliphatic carbocycles. The Hall–Kier alpha value is -1.06. The number of nitrogens with zero attached hydrogens (tertiary/aromatic N) is 2. The first-order chi connectivity index (χ1) is 8.73. The Balaban J connectivity index is 2.47. The number of likely N-dealkylation sites (tertiary alicyclic amines) is 1. The van der Waals surface area contributed by atoms with Gasteiger partial charge in [0.1, 0.15) is 0 Å². The van der Waals surface area contributed by atoms with Gasteiger partial charge in [-0.15, -0.1) is 0 Å². The van der Waals surface area contributed by atoms with Crippen LogP contribution in [0.1, 0.15) is 53.9 Å². The maximum Gasteiger partial charge on any atom is 0.222 e. The van der Waals surface area contributed by atoms with E-state index < -0.39 is 0 Å². The van der Waals surface area contributed by atoms with Crippen LogP contribution in [0.4, 0.5) is 0 Å². The Morgan fingerprint density at radius 1 is 1.53 bits per heavy atom. The van der Waals surface area contributed by atoms with Crippen LogP contribution in [-0.4, -0.2) is 34.8 Å². The van der Waals surface area contributed by atoms with Gasteiger partial charge < -0.3 is 10.1 Å². The molecule has 1 aliphatic heterocycles. The summed E-state index contributed by atoms with van der Waals surface area (Å²) in [5.74, 6) is 0.817. The van der Waals surface area contributed by atoms with Gasteiger partial charge in [-0.25, -0.2) is 0 Å². The van der Waals surface area contributed by atoms with Gasteiger partial charge in [-0.3, -0.25) is 4.79 Å². The fraction of sp³-hybridized carbons (Fsp3) is 0.867. The lowest BCUT2D eigenvalue weighted by atomic mass is 9.84. The second kappa shape index (κ2) is 6.40. The van der Waals surface area contributed by atoms with Gasteiger partial charge >= 0.3 is 0 Å². The Kier molecular flexibility index (Phi) is 5.39. The van der Waals surface area contributed by atoms with Crippen LogP contribution >= 0.6 is 0 Å². The fourth-order valence-corrected chi connectivity index (χ4v) is 2.94. The van der Waals surface area contributed by atoms with Crippen LogP contribution in [0, 0.1) is 17.3 Å². The zero-order valence-electron chi connectivity index (χ0n) is 12.9. The van der Waals surface area contributed by atoms with Crippen LogP contribution in [0.15, 0.2) is 5.16 Å². The van der Waals surface area contributed by atoms with E-state index in [4.69, 9.17) is 5.21 Å². The fourth-order valence-electron chi connectivity index (χ4n) is 2.94. The molecule has 0 aromatic carbocycles. The molecule has 0 bridgehead atoms. The topological polar surface area (TPSA) is 52.9 Å². The molecule has 0 aromatic heterocycles. The number of oxime groups is 1. The molecule has 1 fully saturated rings. The molecule has 0 radical (unpaired) electrons. The van der Waals surface area contributed by atoms with E-state index in [1.807, 2.05) is 11.8 Å². The van der Waals surface area contributed by atoms with E-state index >= 15 is 0 Å². The van der Waals surface area contributed by atoms with E-state index in [0.717, 1.165) is 12.1 Å². The lowest BCUT2D eigenvalue weighted by molar-refractivity contribution is -0.132. The molecule has 2 unspecified atom stereocenters. The van der Waals surface area contributed by atoms with Crippen molar-refractivity contribution in [3.63, 3.8) is 0 Å². The monoisotopic (exact) mass is 268 g/mol. The highest BCUT2D eigenvalue weighted by atomic mass is 16.4. The molecule has 4 nitrogen and oxygen atoms in total. The molecule has 1 rings (SSSR count). The molecule has 4 heteroatoms. The number of carbonyl (C=O) groups excluding carboxylic acids is 1. The van der Waals surface area contributed by atoms with Crippen molar-refractivity contribution in [2.75, 3.05) is 13.1 Å². The zero-order chi connectivity index (χ0) is 14.6. The average Bonchev–Trinajstić information content (AvgIpc) is 2.26. The molecule has 2 atom stereocenters. The Bertz CT molecular complexity index is 345. The smallest absolute Gasteiger partial charge is 0.222 e. The molecule has 0 spiro atoms. The molecule has 0 aromatic rings. The van der Waals surface area contributed by atoms with E-state index in [1.54, 1.807) is 0 Å². The highest BCUT2D eigenvalue weighted by molar-refractivity contribution is 5.89. The van der Waals surface area contributed by atoms with Crippen LogP contribution < -0.4 is 0 Å². The summed E-state index contributed by atoms with van der Waals surface area (Å²) in [6.07, 6.45) is 2.37. The first-order valence-electron chi connectivity index (χ1n) is 7.21. The average molecular weight is 268 g/mol. The van der Waals surface area contributed by atoms with E-state index in [9.17, 15) is 4.79 Å². The standard InChI is InChI=1S/C15H28N2O2/c1-11(9-15(3,4)5)8-14(18)17-7-6-13(16-19)12(2)10-17/h11-12,19H,6-10H2,1-5H3. The molecule has 1 heterocycles. The van der Waals surface area contributed by atoms with Crippen molar-refractivity contribution in [3.8, 4) is 0 Å². The van der Waals surface area contributed by atoms with Gasteiger partial charge in [-0.2, -0.15) is 0 Å². The Morgan fingerprint density at radius 2 is 2.16 bits per heavy atom. The largest absolute Gasteiger partial charge is 0.411 e. The summed E-state index contributed by atoms with van der Waals surface area (Å²) in [7, 11) is 0. The molecule has 19 heavy (non-hydrogen) atoms. The van der Waals surface area contributed by atoms with Gasteiger partial charge in [0.05, 0.1) is 5.71 Å². The first-order valence-corrected chi connectivity index (χ1v) is 7.21. The number of rotatable bonds is 3. The summed E-state index contributed by atoms with van der Waals surface area (Å²) < 4.78 is 0. The normalized spacial score (nSPS) is 24.6. The van der Waals surface area contributed by atoms with E-state index in [2.05, 4.69) is 32.9 Å². The van der Waals surface area contributed by atoms with Gasteiger partial charge in [-0.1, -0.05) is 39.8 Å². The summed E-state index contributed by atoms with van der Waals surface area (Å²) in [6.45, 7) is 12.2. The predicted molar refractivity (Wildman–Crippen MR) is 77.4 cm³/mol. The van der Waals surface area contributed by atoms with E-state index in [1.165, 1.54) is 0 Å². The SMILES string of the molecule is CC(CC(=O)N1CCC(=NO)C(C)C1)CC(C)(C)C. The first kappa shape index (κ1) is 16.0. The minimum atomic E-state index is 0.167. The van der Waals surface area contributed by atoms with E-state index in [-0.39, 0.29) is 17.2 Å². The highest BCUT2D eigenvalue weighted by Crippen LogP contribution is 2.27. The molecular formula is C15H28N2O2. The third-order valence-electron chi connectivity index (χ3n) is 3.67. The van der Waals surface area contributed by atoms with Crippen molar-refractivity contribution < 1.29 is 10.0 Å². The second-order valence-electron chi connectivity index (χ2n) is 7.16. The van der Waals surface area contributed by atoms with Crippen LogP contribution in [0.2, 0.25) is 0 Å². The Labute approximate surface area is 116 Å². The third kappa shape index (κ3) is 5.21. The second-order valence-corrected chi connectivity index (χ2v) is 7.16. The van der Waals surface area contributed by atoms with Gasteiger partial charge in [0.25, 0.3) is 0 Å². The maximum atomic E-state index is 12.3. The molecule has 1 saturated heterocycles. The number of carbonyl (C=O) groups is 1. The summed E-state index contributed by atoms with van der Waals surface area (Å²) in [6, 6.07) is 0. The lowest BCUT2D eigenvalue weighted by Crippen LogP contribution is -2.43. The van der Waals surface area contributed by atoms with Crippen molar-refractivity contribution in [2.24, 2.45) is 22.4 Å². The lowest BCUT2D eigenvalue weighted by Gasteiger charge is -2.33. The Morgan fingerprint density at radius 3 is 2.63 bits per heavy atom. The number of piperidine rings is 1. The molecule has 1 N–H and O–H groups in total.